The smallest absolute Gasteiger partial charge is 0.203 e. The monoisotopic (exact) mass is 302 g/mol. The molecule has 6 heteroatoms. The number of aromatic nitrogens is 2. The number of pyridine rings is 1. The van der Waals surface area contributed by atoms with E-state index in [1.807, 2.05) is 30.5 Å². The summed E-state index contributed by atoms with van der Waals surface area (Å²) in [5, 5.41) is 8.53. The normalized spacial score (nSPS) is 11.3. The zero-order chi connectivity index (χ0) is 13.9. The zero-order valence-electron chi connectivity index (χ0n) is 10.7. The van der Waals surface area contributed by atoms with E-state index in [1.54, 1.807) is 18.5 Å². The Kier molecular flexibility index (Phi) is 3.62. The van der Waals surface area contributed by atoms with Crippen LogP contribution < -0.4 is 5.43 Å². The second-order valence-corrected chi connectivity index (χ2v) is 5.50. The molecule has 0 saturated heterocycles. The van der Waals surface area contributed by atoms with Gasteiger partial charge in [0.1, 0.15) is 0 Å². The van der Waals surface area contributed by atoms with Crippen molar-refractivity contribution in [2.45, 2.75) is 6.92 Å². The van der Waals surface area contributed by atoms with E-state index in [9.17, 15) is 0 Å². The van der Waals surface area contributed by atoms with Gasteiger partial charge in [-0.2, -0.15) is 5.10 Å². The SMILES string of the molecule is Cc1csc(NN=Cc2ccc3nccc(Cl)c3c2)n1. The van der Waals surface area contributed by atoms with E-state index in [4.69, 9.17) is 11.6 Å². The fraction of sp³-hybridized carbons (Fsp3) is 0.0714. The summed E-state index contributed by atoms with van der Waals surface area (Å²) in [5.41, 5.74) is 5.71. The van der Waals surface area contributed by atoms with Crippen molar-refractivity contribution < 1.29 is 0 Å². The van der Waals surface area contributed by atoms with Crippen LogP contribution in [0.1, 0.15) is 11.3 Å². The largest absolute Gasteiger partial charge is 0.256 e. The van der Waals surface area contributed by atoms with Crippen LogP contribution in [-0.2, 0) is 0 Å². The molecule has 0 aliphatic carbocycles. The van der Waals surface area contributed by atoms with E-state index in [0.29, 0.717) is 5.02 Å². The molecule has 1 N–H and O–H groups in total. The van der Waals surface area contributed by atoms with E-state index in [0.717, 1.165) is 27.3 Å². The molecule has 4 nitrogen and oxygen atoms in total. The standard InChI is InChI=1S/C14H11ClN4S/c1-9-8-20-14(18-9)19-17-7-10-2-3-13-11(6-10)12(15)4-5-16-13/h2-8H,1H3,(H,18,19). The lowest BCUT2D eigenvalue weighted by Crippen LogP contribution is -1.90. The Hall–Kier alpha value is -1.98. The third-order valence-corrected chi connectivity index (χ3v) is 3.90. The van der Waals surface area contributed by atoms with Gasteiger partial charge in [-0.3, -0.25) is 10.4 Å². The summed E-state index contributed by atoms with van der Waals surface area (Å²) < 4.78 is 0. The Bertz CT molecular complexity index is 782. The average molecular weight is 303 g/mol. The van der Waals surface area contributed by atoms with Gasteiger partial charge in [0.25, 0.3) is 0 Å². The number of hydrogen-bond donors (Lipinski definition) is 1. The minimum Gasteiger partial charge on any atom is -0.256 e. The van der Waals surface area contributed by atoms with E-state index in [-0.39, 0.29) is 0 Å². The summed E-state index contributed by atoms with van der Waals surface area (Å²) in [7, 11) is 0. The van der Waals surface area contributed by atoms with E-state index in [1.165, 1.54) is 11.3 Å². The molecule has 3 rings (SSSR count). The Morgan fingerprint density at radius 1 is 1.35 bits per heavy atom. The molecule has 0 aliphatic heterocycles. The summed E-state index contributed by atoms with van der Waals surface area (Å²) >= 11 is 7.68. The number of hydrazone groups is 1. The second kappa shape index (κ2) is 5.56. The third kappa shape index (κ3) is 2.79. The summed E-state index contributed by atoms with van der Waals surface area (Å²) in [6, 6.07) is 7.62. The number of rotatable bonds is 3. The molecule has 3 aromatic rings. The molecule has 1 aromatic carbocycles. The highest BCUT2D eigenvalue weighted by Crippen LogP contribution is 2.22. The van der Waals surface area contributed by atoms with Gasteiger partial charge >= 0.3 is 0 Å². The predicted molar refractivity (Wildman–Crippen MR) is 84.8 cm³/mol. The van der Waals surface area contributed by atoms with Crippen LogP contribution in [0.5, 0.6) is 0 Å². The fourth-order valence-corrected chi connectivity index (χ4v) is 2.62. The quantitative estimate of drug-likeness (QED) is 0.585. The van der Waals surface area contributed by atoms with Crippen LogP contribution in [-0.4, -0.2) is 16.2 Å². The van der Waals surface area contributed by atoms with Gasteiger partial charge in [-0.15, -0.1) is 11.3 Å². The summed E-state index contributed by atoms with van der Waals surface area (Å²) in [5.74, 6) is 0. The van der Waals surface area contributed by atoms with E-state index < -0.39 is 0 Å². The minimum atomic E-state index is 0.689. The minimum absolute atomic E-state index is 0.689. The van der Waals surface area contributed by atoms with E-state index >= 15 is 0 Å². The number of fused-ring (bicyclic) bond motifs is 1. The third-order valence-electron chi connectivity index (χ3n) is 2.71. The molecule has 0 spiro atoms. The van der Waals surface area contributed by atoms with Gasteiger partial charge in [0.15, 0.2) is 0 Å². The first-order valence-electron chi connectivity index (χ1n) is 5.98. The summed E-state index contributed by atoms with van der Waals surface area (Å²) in [6.07, 6.45) is 3.43. The first-order valence-corrected chi connectivity index (χ1v) is 7.23. The summed E-state index contributed by atoms with van der Waals surface area (Å²) in [6.45, 7) is 1.95. The Morgan fingerprint density at radius 2 is 2.25 bits per heavy atom. The molecule has 100 valence electrons. The van der Waals surface area contributed by atoms with Crippen molar-refractivity contribution in [3.8, 4) is 0 Å². The molecule has 0 amide bonds. The summed E-state index contributed by atoms with van der Waals surface area (Å²) in [4.78, 5) is 8.53. The van der Waals surface area contributed by atoms with Gasteiger partial charge in [0, 0.05) is 17.0 Å². The first-order chi connectivity index (χ1) is 9.72. The van der Waals surface area contributed by atoms with Crippen molar-refractivity contribution in [3.63, 3.8) is 0 Å². The van der Waals surface area contributed by atoms with Crippen molar-refractivity contribution in [1.29, 1.82) is 0 Å². The maximum atomic E-state index is 6.15. The molecule has 0 unspecified atom stereocenters. The lowest BCUT2D eigenvalue weighted by Gasteiger charge is -2.00. The molecular weight excluding hydrogens is 292 g/mol. The number of nitrogens with one attached hydrogen (secondary N) is 1. The molecule has 0 aliphatic rings. The van der Waals surface area contributed by atoms with E-state index in [2.05, 4.69) is 20.5 Å². The first kappa shape index (κ1) is 13.0. The average Bonchev–Trinajstić information content (AvgIpc) is 2.85. The fourth-order valence-electron chi connectivity index (χ4n) is 1.78. The number of nitrogens with zero attached hydrogens (tertiary/aromatic N) is 3. The zero-order valence-corrected chi connectivity index (χ0v) is 12.2. The van der Waals surface area contributed by atoms with Gasteiger partial charge in [-0.05, 0) is 30.7 Å². The van der Waals surface area contributed by atoms with Crippen LogP contribution in [0.4, 0.5) is 5.13 Å². The van der Waals surface area contributed by atoms with Crippen molar-refractivity contribution >= 4 is 45.2 Å². The maximum Gasteiger partial charge on any atom is 0.203 e. The van der Waals surface area contributed by atoms with Crippen LogP contribution in [0.3, 0.4) is 0 Å². The molecule has 20 heavy (non-hydrogen) atoms. The Labute approximate surface area is 125 Å². The maximum absolute atomic E-state index is 6.15. The van der Waals surface area contributed by atoms with Crippen molar-refractivity contribution in [2.24, 2.45) is 5.10 Å². The molecule has 2 aromatic heterocycles. The van der Waals surface area contributed by atoms with Gasteiger partial charge in [-0.1, -0.05) is 17.7 Å². The van der Waals surface area contributed by atoms with Gasteiger partial charge in [-0.25, -0.2) is 4.98 Å². The Morgan fingerprint density at radius 3 is 3.05 bits per heavy atom. The topological polar surface area (TPSA) is 50.2 Å². The van der Waals surface area contributed by atoms with Crippen LogP contribution in [0, 0.1) is 6.92 Å². The molecule has 0 bridgehead atoms. The highest BCUT2D eigenvalue weighted by Gasteiger charge is 2.00. The van der Waals surface area contributed by atoms with Crippen molar-refractivity contribution in [3.05, 3.63) is 52.1 Å². The number of hydrogen-bond acceptors (Lipinski definition) is 5. The van der Waals surface area contributed by atoms with Gasteiger partial charge < -0.3 is 0 Å². The highest BCUT2D eigenvalue weighted by molar-refractivity contribution is 7.13. The molecule has 2 heterocycles. The number of benzene rings is 1. The highest BCUT2D eigenvalue weighted by atomic mass is 35.5. The molecule has 0 fully saturated rings. The van der Waals surface area contributed by atoms with Crippen LogP contribution >= 0.6 is 22.9 Å². The van der Waals surface area contributed by atoms with Crippen molar-refractivity contribution in [1.82, 2.24) is 9.97 Å². The number of halogens is 1. The lowest BCUT2D eigenvalue weighted by atomic mass is 10.1. The van der Waals surface area contributed by atoms with Crippen LogP contribution in [0.15, 0.2) is 40.9 Å². The molecule has 0 saturated carbocycles. The lowest BCUT2D eigenvalue weighted by molar-refractivity contribution is 1.22. The number of aryl methyl sites for hydroxylation is 1. The molecule has 0 radical (unpaired) electrons. The number of thiazole rings is 1. The molecule has 0 atom stereocenters. The molecular formula is C14H11ClN4S. The van der Waals surface area contributed by atoms with Crippen LogP contribution in [0.2, 0.25) is 5.02 Å². The number of anilines is 1. The Balaban J connectivity index is 1.82. The van der Waals surface area contributed by atoms with Crippen molar-refractivity contribution in [2.75, 3.05) is 5.43 Å². The van der Waals surface area contributed by atoms with Crippen LogP contribution in [0.25, 0.3) is 10.9 Å². The predicted octanol–water partition coefficient (Wildman–Crippen LogP) is 4.10. The van der Waals surface area contributed by atoms with Gasteiger partial charge in [0.05, 0.1) is 22.4 Å². The van der Waals surface area contributed by atoms with Gasteiger partial charge in [0.2, 0.25) is 5.13 Å². The second-order valence-electron chi connectivity index (χ2n) is 4.23.